The minimum absolute atomic E-state index is 0.0475. The van der Waals surface area contributed by atoms with Crippen LogP contribution in [0, 0.1) is 0 Å². The van der Waals surface area contributed by atoms with E-state index in [4.69, 9.17) is 82.5 Å². The lowest BCUT2D eigenvalue weighted by Crippen LogP contribution is -2.26. The molecule has 0 aliphatic rings. The van der Waals surface area contributed by atoms with Gasteiger partial charge < -0.3 is 87.8 Å². The number of carbonyl (C=O) groups excluding carboxylic acids is 1. The molecular weight excluding hydrogens is 742 g/mol. The lowest BCUT2D eigenvalue weighted by atomic mass is 10.4. The van der Waals surface area contributed by atoms with Crippen LogP contribution < -0.4 is 16.8 Å². The maximum atomic E-state index is 11.9. The number of nitrogens with two attached hydrogens (primary N) is 2. The molecular formula is C37H77N3O16. The van der Waals surface area contributed by atoms with E-state index in [0.717, 1.165) is 12.8 Å². The Labute approximate surface area is 335 Å². The van der Waals surface area contributed by atoms with Crippen LogP contribution in [0.4, 0.5) is 0 Å². The summed E-state index contributed by atoms with van der Waals surface area (Å²) in [7, 11) is 0. The minimum Gasteiger partial charge on any atom is -0.379 e. The first-order valence-electron chi connectivity index (χ1n) is 20.1. The van der Waals surface area contributed by atoms with Crippen molar-refractivity contribution in [2.45, 2.75) is 19.3 Å². The van der Waals surface area contributed by atoms with Gasteiger partial charge in [0.1, 0.15) is 0 Å². The van der Waals surface area contributed by atoms with Crippen molar-refractivity contribution in [1.82, 2.24) is 5.32 Å². The molecule has 0 radical (unpaired) electrons. The highest BCUT2D eigenvalue weighted by atomic mass is 16.6. The number of amides is 1. The molecule has 0 unspecified atom stereocenters. The molecule has 0 heterocycles. The summed E-state index contributed by atoms with van der Waals surface area (Å²) < 4.78 is 81.5. The largest absolute Gasteiger partial charge is 0.379 e. The zero-order valence-electron chi connectivity index (χ0n) is 34.1. The fourth-order valence-electron chi connectivity index (χ4n) is 3.99. The Kier molecular flexibility index (Phi) is 50.7. The number of carbonyl (C=O) groups is 1. The Morgan fingerprint density at radius 2 is 0.518 bits per heavy atom. The van der Waals surface area contributed by atoms with Crippen LogP contribution in [0.2, 0.25) is 0 Å². The van der Waals surface area contributed by atoms with Gasteiger partial charge in [-0.05, 0) is 19.4 Å². The van der Waals surface area contributed by atoms with Crippen LogP contribution in [0.25, 0.3) is 0 Å². The summed E-state index contributed by atoms with van der Waals surface area (Å²) in [5.41, 5.74) is 10.7. The van der Waals surface area contributed by atoms with Crippen molar-refractivity contribution in [2.24, 2.45) is 11.5 Å². The van der Waals surface area contributed by atoms with Crippen LogP contribution >= 0.6 is 0 Å². The van der Waals surface area contributed by atoms with E-state index in [9.17, 15) is 4.79 Å². The second kappa shape index (κ2) is 51.8. The van der Waals surface area contributed by atoms with Gasteiger partial charge >= 0.3 is 0 Å². The SMILES string of the molecule is NCCCOCCOCCOCCCNC(=O)CCOCCOCCOCCOCCOCCOCCOCCOCCOCCOCCOCCOCCN. The molecule has 0 atom stereocenters. The molecule has 0 spiro atoms. The minimum atomic E-state index is -0.0475. The topological polar surface area (TPSA) is 220 Å². The first-order valence-corrected chi connectivity index (χ1v) is 20.1. The molecule has 0 aromatic rings. The van der Waals surface area contributed by atoms with E-state index < -0.39 is 0 Å². The molecule has 0 aromatic heterocycles. The van der Waals surface area contributed by atoms with Crippen molar-refractivity contribution in [3.05, 3.63) is 0 Å². The van der Waals surface area contributed by atoms with Crippen molar-refractivity contribution >= 4 is 5.91 Å². The summed E-state index contributed by atoms with van der Waals surface area (Å²) in [6, 6.07) is 0. The van der Waals surface area contributed by atoms with Crippen LogP contribution in [0.3, 0.4) is 0 Å². The first-order chi connectivity index (χ1) is 27.8. The van der Waals surface area contributed by atoms with Gasteiger partial charge in [0, 0.05) is 32.7 Å². The summed E-state index contributed by atoms with van der Waals surface area (Å²) in [5, 5.41) is 2.86. The maximum absolute atomic E-state index is 11.9. The maximum Gasteiger partial charge on any atom is 0.222 e. The number of ether oxygens (including phenoxy) is 15. The highest BCUT2D eigenvalue weighted by molar-refractivity contribution is 5.75. The van der Waals surface area contributed by atoms with E-state index >= 15 is 0 Å². The zero-order valence-corrected chi connectivity index (χ0v) is 34.1. The molecule has 0 saturated heterocycles. The van der Waals surface area contributed by atoms with E-state index in [1.54, 1.807) is 0 Å². The lowest BCUT2D eigenvalue weighted by molar-refractivity contribution is -0.122. The first kappa shape index (κ1) is 54.8. The smallest absolute Gasteiger partial charge is 0.222 e. The highest BCUT2D eigenvalue weighted by Gasteiger charge is 2.01. The number of hydrogen-bond donors (Lipinski definition) is 3. The van der Waals surface area contributed by atoms with Crippen LogP contribution in [0.5, 0.6) is 0 Å². The van der Waals surface area contributed by atoms with Crippen molar-refractivity contribution in [3.63, 3.8) is 0 Å². The van der Waals surface area contributed by atoms with Gasteiger partial charge in [-0.15, -0.1) is 0 Å². The summed E-state index contributed by atoms with van der Waals surface area (Å²) in [6.45, 7) is 16.8. The molecule has 5 N–H and O–H groups in total. The van der Waals surface area contributed by atoms with E-state index in [0.29, 0.717) is 224 Å². The van der Waals surface area contributed by atoms with Gasteiger partial charge in [-0.2, -0.15) is 0 Å². The normalized spacial score (nSPS) is 11.5. The average molecular weight is 820 g/mol. The Morgan fingerprint density at radius 3 is 0.786 bits per heavy atom. The lowest BCUT2D eigenvalue weighted by Gasteiger charge is -2.09. The quantitative estimate of drug-likeness (QED) is 0.0655. The summed E-state index contributed by atoms with van der Waals surface area (Å²) >= 11 is 0. The van der Waals surface area contributed by atoms with Crippen LogP contribution in [0.1, 0.15) is 19.3 Å². The highest BCUT2D eigenvalue weighted by Crippen LogP contribution is 1.90. The fraction of sp³-hybridized carbons (Fsp3) is 0.973. The molecule has 1 amide bonds. The Balaban J connectivity index is 3.12. The third kappa shape index (κ3) is 50.8. The molecule has 19 heteroatoms. The molecule has 0 aliphatic carbocycles. The van der Waals surface area contributed by atoms with E-state index in [2.05, 4.69) is 5.32 Å². The summed E-state index contributed by atoms with van der Waals surface area (Å²) in [6.07, 6.45) is 1.90. The van der Waals surface area contributed by atoms with E-state index in [-0.39, 0.29) is 5.91 Å². The van der Waals surface area contributed by atoms with Gasteiger partial charge in [0.2, 0.25) is 5.91 Å². The number of rotatable bonds is 51. The molecule has 0 saturated carbocycles. The van der Waals surface area contributed by atoms with Crippen molar-refractivity contribution in [1.29, 1.82) is 0 Å². The molecule has 19 nitrogen and oxygen atoms in total. The van der Waals surface area contributed by atoms with Crippen LogP contribution in [-0.2, 0) is 75.8 Å². The Morgan fingerprint density at radius 1 is 0.286 bits per heavy atom. The molecule has 0 rings (SSSR count). The van der Waals surface area contributed by atoms with Gasteiger partial charge in [0.25, 0.3) is 0 Å². The second-order valence-corrected chi connectivity index (χ2v) is 11.6. The van der Waals surface area contributed by atoms with Gasteiger partial charge in [-0.25, -0.2) is 0 Å². The predicted molar refractivity (Wildman–Crippen MR) is 207 cm³/mol. The van der Waals surface area contributed by atoms with Crippen molar-refractivity contribution in [3.8, 4) is 0 Å². The zero-order chi connectivity index (χ0) is 40.3. The van der Waals surface area contributed by atoms with E-state index in [1.165, 1.54) is 0 Å². The number of hydrogen-bond acceptors (Lipinski definition) is 18. The third-order valence-electron chi connectivity index (χ3n) is 6.85. The molecule has 336 valence electrons. The fourth-order valence-corrected chi connectivity index (χ4v) is 3.99. The van der Waals surface area contributed by atoms with Crippen LogP contribution in [0.15, 0.2) is 0 Å². The standard InChI is InChI=1S/C37H77N3O16/c38-4-1-7-42-11-15-46-16-12-43-8-2-6-40-37(41)3-9-44-13-17-47-19-21-49-23-25-51-27-29-53-31-33-55-35-36-56-34-32-54-30-28-52-26-24-50-22-20-48-18-14-45-10-5-39/h1-36,38-39H2,(H,40,41). The molecule has 0 bridgehead atoms. The van der Waals surface area contributed by atoms with Crippen molar-refractivity contribution in [2.75, 3.05) is 218 Å². The van der Waals surface area contributed by atoms with Gasteiger partial charge in [-0.3, -0.25) is 4.79 Å². The molecule has 0 fully saturated rings. The third-order valence-corrected chi connectivity index (χ3v) is 6.85. The monoisotopic (exact) mass is 820 g/mol. The van der Waals surface area contributed by atoms with E-state index in [1.807, 2.05) is 0 Å². The van der Waals surface area contributed by atoms with Gasteiger partial charge in [-0.1, -0.05) is 0 Å². The Bertz CT molecular complexity index is 739. The second-order valence-electron chi connectivity index (χ2n) is 11.6. The molecule has 56 heavy (non-hydrogen) atoms. The summed E-state index contributed by atoms with van der Waals surface area (Å²) in [5.74, 6) is -0.0475. The molecule has 0 aromatic carbocycles. The molecule has 0 aliphatic heterocycles. The predicted octanol–water partition coefficient (Wildman–Crippen LogP) is -0.561. The summed E-state index contributed by atoms with van der Waals surface area (Å²) in [4.78, 5) is 11.9. The van der Waals surface area contributed by atoms with Crippen LogP contribution in [-0.4, -0.2) is 224 Å². The van der Waals surface area contributed by atoms with Gasteiger partial charge in [0.15, 0.2) is 0 Å². The Hall–Kier alpha value is -1.21. The van der Waals surface area contributed by atoms with Gasteiger partial charge in [0.05, 0.1) is 185 Å². The van der Waals surface area contributed by atoms with Crippen molar-refractivity contribution < 1.29 is 75.8 Å². The average Bonchev–Trinajstić information content (AvgIpc) is 3.20. The number of nitrogens with one attached hydrogen (secondary N) is 1.